The van der Waals surface area contributed by atoms with Crippen LogP contribution in [0.25, 0.3) is 0 Å². The minimum atomic E-state index is -3.46. The predicted octanol–water partition coefficient (Wildman–Crippen LogP) is 1.51. The number of nitrogens with zero attached hydrogens (tertiary/aromatic N) is 1. The number of carbonyl (C=O) groups excluding carboxylic acids is 1. The molecule has 0 bridgehead atoms. The summed E-state index contributed by atoms with van der Waals surface area (Å²) in [7, 11) is -1.95. The zero-order valence-electron chi connectivity index (χ0n) is 13.0. The molecule has 1 aromatic rings. The number of benzene rings is 1. The number of ether oxygens (including phenoxy) is 1. The van der Waals surface area contributed by atoms with Crippen molar-refractivity contribution in [2.24, 2.45) is 0 Å². The van der Waals surface area contributed by atoms with Crippen LogP contribution in [-0.4, -0.2) is 57.8 Å². The van der Waals surface area contributed by atoms with Crippen molar-refractivity contribution in [3.8, 4) is 0 Å². The molecule has 8 heteroatoms. The Kier molecular flexibility index (Phi) is 6.41. The molecule has 2 rings (SSSR count). The molecule has 1 N–H and O–H groups in total. The third-order valence-electron chi connectivity index (χ3n) is 3.79. The van der Waals surface area contributed by atoms with Crippen LogP contribution in [0.3, 0.4) is 0 Å². The lowest BCUT2D eigenvalue weighted by Gasteiger charge is -2.32. The van der Waals surface area contributed by atoms with Gasteiger partial charge in [0.05, 0.1) is 11.9 Å². The molecule has 0 aromatic heterocycles. The zero-order valence-corrected chi connectivity index (χ0v) is 14.6. The lowest BCUT2D eigenvalue weighted by Crippen LogP contribution is -2.48. The number of piperidine rings is 1. The largest absolute Gasteiger partial charge is 0.383 e. The number of nitrogens with one attached hydrogen (secondary N) is 1. The van der Waals surface area contributed by atoms with E-state index in [2.05, 4.69) is 4.72 Å². The summed E-state index contributed by atoms with van der Waals surface area (Å²) in [5.74, 6) is -0.190. The molecule has 1 aromatic carbocycles. The number of hydrogen-bond acceptors (Lipinski definition) is 4. The Balaban J connectivity index is 2.04. The van der Waals surface area contributed by atoms with Crippen molar-refractivity contribution in [2.75, 3.05) is 33.4 Å². The molecule has 0 spiro atoms. The molecule has 1 fully saturated rings. The summed E-state index contributed by atoms with van der Waals surface area (Å²) < 4.78 is 32.0. The number of hydrogen-bond donors (Lipinski definition) is 1. The maximum atomic E-state index is 12.5. The minimum Gasteiger partial charge on any atom is -0.383 e. The van der Waals surface area contributed by atoms with E-state index in [1.807, 2.05) is 0 Å². The van der Waals surface area contributed by atoms with Gasteiger partial charge in [0.2, 0.25) is 10.0 Å². The van der Waals surface area contributed by atoms with Crippen LogP contribution in [0.1, 0.15) is 23.2 Å². The maximum Gasteiger partial charge on any atom is 0.253 e. The molecule has 128 valence electrons. The molecule has 0 radical (unpaired) electrons. The van der Waals surface area contributed by atoms with E-state index in [9.17, 15) is 13.2 Å². The van der Waals surface area contributed by atoms with Gasteiger partial charge in [-0.1, -0.05) is 17.7 Å². The van der Waals surface area contributed by atoms with Crippen LogP contribution in [0.15, 0.2) is 24.3 Å². The number of likely N-dealkylation sites (tertiary alicyclic amines) is 1. The van der Waals surface area contributed by atoms with E-state index >= 15 is 0 Å². The Bertz CT molecular complexity index is 651. The Morgan fingerprint density at radius 2 is 2.26 bits per heavy atom. The van der Waals surface area contributed by atoms with Gasteiger partial charge in [-0.05, 0) is 31.0 Å². The number of carbonyl (C=O) groups is 1. The molecule has 1 aliphatic heterocycles. The van der Waals surface area contributed by atoms with Crippen LogP contribution in [0.4, 0.5) is 0 Å². The number of methoxy groups -OCH3 is 1. The molecule has 1 aliphatic rings. The highest BCUT2D eigenvalue weighted by Gasteiger charge is 2.32. The average Bonchev–Trinajstić information content (AvgIpc) is 2.54. The zero-order chi connectivity index (χ0) is 16.9. The number of rotatable bonds is 6. The van der Waals surface area contributed by atoms with Gasteiger partial charge in [-0.2, -0.15) is 0 Å². The van der Waals surface area contributed by atoms with Gasteiger partial charge < -0.3 is 9.64 Å². The lowest BCUT2D eigenvalue weighted by molar-refractivity contribution is 0.0726. The number of halogens is 1. The highest BCUT2D eigenvalue weighted by molar-refractivity contribution is 7.90. The third-order valence-corrected chi connectivity index (χ3v) is 5.89. The molecule has 0 saturated carbocycles. The van der Waals surface area contributed by atoms with E-state index in [4.69, 9.17) is 16.3 Å². The average molecular weight is 361 g/mol. The van der Waals surface area contributed by atoms with Crippen molar-refractivity contribution in [2.45, 2.75) is 18.1 Å². The van der Waals surface area contributed by atoms with E-state index in [1.165, 1.54) is 7.11 Å². The molecule has 23 heavy (non-hydrogen) atoms. The van der Waals surface area contributed by atoms with E-state index in [0.717, 1.165) is 0 Å². The molecule has 1 saturated heterocycles. The molecule has 6 nitrogen and oxygen atoms in total. The van der Waals surface area contributed by atoms with Gasteiger partial charge in [-0.3, -0.25) is 4.79 Å². The first-order chi connectivity index (χ1) is 10.9. The minimum absolute atomic E-state index is 0.188. The van der Waals surface area contributed by atoms with Gasteiger partial charge in [-0.25, -0.2) is 13.1 Å². The van der Waals surface area contributed by atoms with Crippen LogP contribution < -0.4 is 4.72 Å². The fraction of sp³-hybridized carbons (Fsp3) is 0.533. The van der Waals surface area contributed by atoms with Crippen LogP contribution in [0.5, 0.6) is 0 Å². The molecular weight excluding hydrogens is 340 g/mol. The van der Waals surface area contributed by atoms with Crippen molar-refractivity contribution in [3.05, 3.63) is 34.9 Å². The summed E-state index contributed by atoms with van der Waals surface area (Å²) in [5, 5.41) is -0.116. The summed E-state index contributed by atoms with van der Waals surface area (Å²) in [4.78, 5) is 14.1. The standard InChI is InChI=1S/C15H21ClN2O4S/c1-22-9-7-17-23(20,21)14-6-3-8-18(11-14)15(19)12-4-2-5-13(16)10-12/h2,4-5,10,14,17H,3,6-9,11H2,1H3/t14-/m0/s1. The van der Waals surface area contributed by atoms with Crippen molar-refractivity contribution < 1.29 is 17.9 Å². The van der Waals surface area contributed by atoms with E-state index in [0.29, 0.717) is 36.6 Å². The first kappa shape index (κ1) is 18.2. The van der Waals surface area contributed by atoms with Crippen molar-refractivity contribution >= 4 is 27.5 Å². The molecule has 1 amide bonds. The maximum absolute atomic E-state index is 12.5. The fourth-order valence-corrected chi connectivity index (χ4v) is 4.23. The smallest absolute Gasteiger partial charge is 0.253 e. The Morgan fingerprint density at radius 1 is 1.48 bits per heavy atom. The van der Waals surface area contributed by atoms with Crippen molar-refractivity contribution in [1.82, 2.24) is 9.62 Å². The Morgan fingerprint density at radius 3 is 2.96 bits per heavy atom. The van der Waals surface area contributed by atoms with Gasteiger partial charge in [0.15, 0.2) is 0 Å². The molecule has 1 atom stereocenters. The SMILES string of the molecule is COCCNS(=O)(=O)[C@H]1CCCN(C(=O)c2cccc(Cl)c2)C1. The molecule has 1 heterocycles. The topological polar surface area (TPSA) is 75.7 Å². The summed E-state index contributed by atoms with van der Waals surface area (Å²) in [5.41, 5.74) is 0.475. The molecule has 0 aliphatic carbocycles. The second kappa shape index (κ2) is 8.10. The van der Waals surface area contributed by atoms with Crippen LogP contribution in [0.2, 0.25) is 5.02 Å². The number of amides is 1. The second-order valence-corrected chi connectivity index (χ2v) is 7.94. The van der Waals surface area contributed by atoms with Crippen LogP contribution >= 0.6 is 11.6 Å². The van der Waals surface area contributed by atoms with Gasteiger partial charge >= 0.3 is 0 Å². The lowest BCUT2D eigenvalue weighted by atomic mass is 10.1. The summed E-state index contributed by atoms with van der Waals surface area (Å²) in [6.07, 6.45) is 1.20. The summed E-state index contributed by atoms with van der Waals surface area (Å²) in [6, 6.07) is 6.68. The van der Waals surface area contributed by atoms with Gasteiger partial charge in [0, 0.05) is 37.3 Å². The van der Waals surface area contributed by atoms with Crippen LogP contribution in [-0.2, 0) is 14.8 Å². The predicted molar refractivity (Wildman–Crippen MR) is 89.2 cm³/mol. The second-order valence-electron chi connectivity index (χ2n) is 5.46. The summed E-state index contributed by atoms with van der Waals surface area (Å²) in [6.45, 7) is 1.29. The molecule has 0 unspecified atom stereocenters. The highest BCUT2D eigenvalue weighted by atomic mass is 35.5. The Hall–Kier alpha value is -1.15. The quantitative estimate of drug-likeness (QED) is 0.780. The molecular formula is C15H21ClN2O4S. The third kappa shape index (κ3) is 4.91. The van der Waals surface area contributed by atoms with Gasteiger partial charge in [0.25, 0.3) is 5.91 Å². The van der Waals surface area contributed by atoms with Crippen molar-refractivity contribution in [3.63, 3.8) is 0 Å². The summed E-state index contributed by atoms with van der Waals surface area (Å²) >= 11 is 5.91. The van der Waals surface area contributed by atoms with Gasteiger partial charge in [0.1, 0.15) is 0 Å². The Labute approximate surface area is 141 Å². The first-order valence-corrected chi connectivity index (χ1v) is 9.38. The first-order valence-electron chi connectivity index (χ1n) is 7.46. The fourth-order valence-electron chi connectivity index (χ4n) is 2.58. The van der Waals surface area contributed by atoms with E-state index in [1.54, 1.807) is 29.2 Å². The van der Waals surface area contributed by atoms with E-state index < -0.39 is 15.3 Å². The van der Waals surface area contributed by atoms with Crippen molar-refractivity contribution in [1.29, 1.82) is 0 Å². The normalized spacial score (nSPS) is 18.9. The van der Waals surface area contributed by atoms with Gasteiger partial charge in [-0.15, -0.1) is 0 Å². The highest BCUT2D eigenvalue weighted by Crippen LogP contribution is 2.20. The monoisotopic (exact) mass is 360 g/mol. The number of sulfonamides is 1. The van der Waals surface area contributed by atoms with E-state index in [-0.39, 0.29) is 19.0 Å². The van der Waals surface area contributed by atoms with Crippen LogP contribution in [0, 0.1) is 0 Å².